The number of rotatable bonds is 3. The highest BCUT2D eigenvalue weighted by atomic mass is 79.9. The van der Waals surface area contributed by atoms with E-state index >= 15 is 0 Å². The largest absolute Gasteiger partial charge is 0.388 e. The summed E-state index contributed by atoms with van der Waals surface area (Å²) >= 11 is 3.33. The van der Waals surface area contributed by atoms with Gasteiger partial charge in [-0.15, -0.1) is 0 Å². The van der Waals surface area contributed by atoms with Gasteiger partial charge in [-0.25, -0.2) is 0 Å². The molecule has 0 aliphatic rings. The minimum absolute atomic E-state index is 0.547. The second-order valence-electron chi connectivity index (χ2n) is 3.68. The molecule has 84 valence electrons. The Kier molecular flexibility index (Phi) is 3.36. The highest BCUT2D eigenvalue weighted by Crippen LogP contribution is 2.20. The molecule has 0 bridgehead atoms. The molecule has 0 aromatic carbocycles. The van der Waals surface area contributed by atoms with Crippen molar-refractivity contribution in [1.29, 1.82) is 0 Å². The van der Waals surface area contributed by atoms with Gasteiger partial charge in [-0.3, -0.25) is 9.67 Å². The van der Waals surface area contributed by atoms with Crippen molar-refractivity contribution >= 4 is 15.9 Å². The first-order valence-electron chi connectivity index (χ1n) is 4.91. The van der Waals surface area contributed by atoms with Gasteiger partial charge in [0.05, 0.1) is 12.3 Å². The van der Waals surface area contributed by atoms with E-state index in [9.17, 15) is 5.11 Å². The summed E-state index contributed by atoms with van der Waals surface area (Å²) in [6.07, 6.45) is 7.02. The van der Waals surface area contributed by atoms with Crippen molar-refractivity contribution in [3.05, 3.63) is 46.5 Å². The summed E-state index contributed by atoms with van der Waals surface area (Å²) in [4.78, 5) is 4.02. The Labute approximate surface area is 102 Å². The third-order valence-corrected chi connectivity index (χ3v) is 2.73. The first-order chi connectivity index (χ1) is 7.65. The van der Waals surface area contributed by atoms with Crippen molar-refractivity contribution in [1.82, 2.24) is 14.8 Å². The molecule has 1 unspecified atom stereocenters. The maximum atomic E-state index is 10.0. The maximum Gasteiger partial charge on any atom is 0.0846 e. The summed E-state index contributed by atoms with van der Waals surface area (Å²) in [5.41, 5.74) is 1.81. The highest BCUT2D eigenvalue weighted by Gasteiger charge is 2.10. The molecule has 0 fully saturated rings. The summed E-state index contributed by atoms with van der Waals surface area (Å²) in [6, 6.07) is 1.87. The molecule has 2 aromatic rings. The van der Waals surface area contributed by atoms with Crippen LogP contribution in [-0.4, -0.2) is 19.9 Å². The van der Waals surface area contributed by atoms with Gasteiger partial charge in [0, 0.05) is 42.1 Å². The summed E-state index contributed by atoms with van der Waals surface area (Å²) in [5.74, 6) is 0. The summed E-state index contributed by atoms with van der Waals surface area (Å²) in [5, 5.41) is 14.1. The number of aromatic nitrogens is 3. The number of halogens is 1. The van der Waals surface area contributed by atoms with Crippen LogP contribution in [-0.2, 0) is 13.5 Å². The molecule has 0 spiro atoms. The lowest BCUT2D eigenvalue weighted by atomic mass is 10.1. The van der Waals surface area contributed by atoms with Crippen LogP contribution in [0.25, 0.3) is 0 Å². The predicted octanol–water partition coefficient (Wildman–Crippen LogP) is 1.85. The minimum atomic E-state index is -0.547. The van der Waals surface area contributed by atoms with E-state index in [1.807, 2.05) is 19.3 Å². The van der Waals surface area contributed by atoms with Crippen LogP contribution < -0.4 is 0 Å². The van der Waals surface area contributed by atoms with E-state index in [4.69, 9.17) is 0 Å². The van der Waals surface area contributed by atoms with Gasteiger partial charge in [0.2, 0.25) is 0 Å². The summed E-state index contributed by atoms with van der Waals surface area (Å²) < 4.78 is 2.59. The number of aliphatic hydroxyl groups excluding tert-OH is 1. The monoisotopic (exact) mass is 281 g/mol. The van der Waals surface area contributed by atoms with E-state index < -0.39 is 6.10 Å². The summed E-state index contributed by atoms with van der Waals surface area (Å²) in [6.45, 7) is 0. The highest BCUT2D eigenvalue weighted by molar-refractivity contribution is 9.10. The lowest BCUT2D eigenvalue weighted by Gasteiger charge is -2.09. The van der Waals surface area contributed by atoms with E-state index in [0.29, 0.717) is 6.42 Å². The zero-order valence-electron chi connectivity index (χ0n) is 8.84. The van der Waals surface area contributed by atoms with E-state index in [0.717, 1.165) is 15.6 Å². The van der Waals surface area contributed by atoms with Crippen molar-refractivity contribution < 1.29 is 5.11 Å². The number of aliphatic hydroxyl groups is 1. The predicted molar refractivity (Wildman–Crippen MR) is 63.8 cm³/mol. The van der Waals surface area contributed by atoms with Gasteiger partial charge in [0.1, 0.15) is 0 Å². The van der Waals surface area contributed by atoms with Crippen LogP contribution >= 0.6 is 15.9 Å². The Bertz CT molecular complexity index is 484. The normalized spacial score (nSPS) is 12.7. The molecule has 1 N–H and O–H groups in total. The number of pyridine rings is 1. The van der Waals surface area contributed by atoms with Gasteiger partial charge in [0.15, 0.2) is 0 Å². The zero-order valence-corrected chi connectivity index (χ0v) is 10.4. The quantitative estimate of drug-likeness (QED) is 0.934. The van der Waals surface area contributed by atoms with Gasteiger partial charge in [-0.2, -0.15) is 5.10 Å². The van der Waals surface area contributed by atoms with Crippen molar-refractivity contribution in [2.75, 3.05) is 0 Å². The second-order valence-corrected chi connectivity index (χ2v) is 4.59. The fourth-order valence-corrected chi connectivity index (χ4v) is 1.91. The van der Waals surface area contributed by atoms with Crippen LogP contribution in [0.2, 0.25) is 0 Å². The molecule has 0 amide bonds. The van der Waals surface area contributed by atoms with Crippen molar-refractivity contribution in [3.63, 3.8) is 0 Å². The molecule has 0 saturated heterocycles. The number of aryl methyl sites for hydroxylation is 1. The second kappa shape index (κ2) is 4.76. The number of nitrogens with zero attached hydrogens (tertiary/aromatic N) is 3. The molecular weight excluding hydrogens is 270 g/mol. The minimum Gasteiger partial charge on any atom is -0.388 e. The average Bonchev–Trinajstić information content (AvgIpc) is 2.64. The van der Waals surface area contributed by atoms with Crippen LogP contribution in [0, 0.1) is 0 Å². The molecule has 2 rings (SSSR count). The molecular formula is C11H12BrN3O. The van der Waals surface area contributed by atoms with Crippen molar-refractivity contribution in [2.45, 2.75) is 12.5 Å². The Morgan fingerprint density at radius 1 is 1.44 bits per heavy atom. The fraction of sp³-hybridized carbons (Fsp3) is 0.273. The Morgan fingerprint density at radius 3 is 2.88 bits per heavy atom. The molecule has 0 aliphatic carbocycles. The molecule has 2 heterocycles. The molecule has 2 aromatic heterocycles. The molecule has 0 radical (unpaired) electrons. The van der Waals surface area contributed by atoms with Gasteiger partial charge in [-0.05, 0) is 27.6 Å². The van der Waals surface area contributed by atoms with Gasteiger partial charge in [-0.1, -0.05) is 0 Å². The van der Waals surface area contributed by atoms with Crippen molar-refractivity contribution in [2.24, 2.45) is 7.05 Å². The smallest absolute Gasteiger partial charge is 0.0846 e. The van der Waals surface area contributed by atoms with Crippen LogP contribution in [0.3, 0.4) is 0 Å². The third-order valence-electron chi connectivity index (χ3n) is 2.30. The first-order valence-corrected chi connectivity index (χ1v) is 5.70. The number of hydrogen-bond acceptors (Lipinski definition) is 3. The van der Waals surface area contributed by atoms with Gasteiger partial charge < -0.3 is 5.11 Å². The van der Waals surface area contributed by atoms with Gasteiger partial charge in [0.25, 0.3) is 0 Å². The fourth-order valence-electron chi connectivity index (χ4n) is 1.53. The Balaban J connectivity index is 2.11. The standard InChI is InChI=1S/C11H12BrN3O/c1-15-7-8(4-14-15)2-11(16)9-3-10(12)6-13-5-9/h3-7,11,16H,2H2,1H3. The molecule has 4 nitrogen and oxygen atoms in total. The van der Waals surface area contributed by atoms with Crippen LogP contribution in [0.1, 0.15) is 17.2 Å². The SMILES string of the molecule is Cn1cc(CC(O)c2cncc(Br)c2)cn1. The van der Waals surface area contributed by atoms with Gasteiger partial charge >= 0.3 is 0 Å². The molecule has 1 atom stereocenters. The van der Waals surface area contributed by atoms with Crippen LogP contribution in [0.15, 0.2) is 35.3 Å². The maximum absolute atomic E-state index is 10.0. The van der Waals surface area contributed by atoms with E-state index in [1.54, 1.807) is 23.3 Å². The number of hydrogen-bond donors (Lipinski definition) is 1. The molecule has 16 heavy (non-hydrogen) atoms. The van der Waals surface area contributed by atoms with Crippen molar-refractivity contribution in [3.8, 4) is 0 Å². The van der Waals surface area contributed by atoms with Crippen LogP contribution in [0.4, 0.5) is 0 Å². The van der Waals surface area contributed by atoms with E-state index in [2.05, 4.69) is 26.0 Å². The third kappa shape index (κ3) is 2.68. The van der Waals surface area contributed by atoms with E-state index in [-0.39, 0.29) is 0 Å². The van der Waals surface area contributed by atoms with Crippen LogP contribution in [0.5, 0.6) is 0 Å². The molecule has 0 saturated carbocycles. The molecule has 0 aliphatic heterocycles. The van der Waals surface area contributed by atoms with E-state index in [1.165, 1.54) is 0 Å². The molecule has 5 heteroatoms. The lowest BCUT2D eigenvalue weighted by Crippen LogP contribution is -2.01. The Morgan fingerprint density at radius 2 is 2.25 bits per heavy atom. The topological polar surface area (TPSA) is 50.9 Å². The summed E-state index contributed by atoms with van der Waals surface area (Å²) in [7, 11) is 1.86. The average molecular weight is 282 g/mol. The zero-order chi connectivity index (χ0) is 11.5. The lowest BCUT2D eigenvalue weighted by molar-refractivity contribution is 0.178. The first kappa shape index (κ1) is 11.3. The Hall–Kier alpha value is -1.20.